The molecule has 0 saturated heterocycles. The minimum atomic E-state index is -0.414. The van der Waals surface area contributed by atoms with E-state index in [0.717, 1.165) is 11.1 Å². The molecule has 0 fully saturated rings. The number of fused-ring (bicyclic) bond motifs is 1. The van der Waals surface area contributed by atoms with Crippen LogP contribution in [0.5, 0.6) is 0 Å². The number of carbonyl (C=O) groups excluding carboxylic acids is 2. The molecule has 0 aliphatic heterocycles. The zero-order chi connectivity index (χ0) is 17.6. The van der Waals surface area contributed by atoms with Gasteiger partial charge in [-0.05, 0) is 17.5 Å². The highest BCUT2D eigenvalue weighted by Crippen LogP contribution is 2.39. The average Bonchev–Trinajstić information content (AvgIpc) is 2.66. The van der Waals surface area contributed by atoms with Crippen LogP contribution in [-0.4, -0.2) is 18.3 Å². The van der Waals surface area contributed by atoms with Gasteiger partial charge in [0.15, 0.2) is 5.78 Å². The van der Waals surface area contributed by atoms with Crippen LogP contribution >= 0.6 is 0 Å². The summed E-state index contributed by atoms with van der Waals surface area (Å²) in [6.07, 6.45) is 0.675. The van der Waals surface area contributed by atoms with Crippen LogP contribution in [0, 0.1) is 5.92 Å². The maximum Gasteiger partial charge on any atom is 0.170 e. The van der Waals surface area contributed by atoms with Gasteiger partial charge in [0.1, 0.15) is 5.94 Å². The Hall–Kier alpha value is -2.52. The van der Waals surface area contributed by atoms with Gasteiger partial charge in [-0.2, -0.15) is 0 Å². The van der Waals surface area contributed by atoms with Gasteiger partial charge in [0, 0.05) is 23.6 Å². The number of rotatable bonds is 6. The normalized spacial score (nSPS) is 19.4. The second-order valence-electron chi connectivity index (χ2n) is 6.24. The fourth-order valence-corrected chi connectivity index (χ4v) is 3.32. The quantitative estimate of drug-likeness (QED) is 0.499. The average molecular weight is 335 g/mol. The lowest BCUT2D eigenvalue weighted by molar-refractivity contribution is 0.0268. The summed E-state index contributed by atoms with van der Waals surface area (Å²) < 4.78 is 0. The standard InChI is InChI=1S/C21H21NO3/c1-15-20(13-23)18(17-9-5-6-10-19(17)21(15)24)11-12-22-25-14-16-7-3-2-4-8-16/h2-10,15,18,22H,11-12,14H2,1H3. The second-order valence-corrected chi connectivity index (χ2v) is 6.24. The van der Waals surface area contributed by atoms with E-state index in [-0.39, 0.29) is 11.7 Å². The van der Waals surface area contributed by atoms with Crippen LogP contribution in [0.2, 0.25) is 0 Å². The van der Waals surface area contributed by atoms with Crippen molar-refractivity contribution in [3.8, 4) is 0 Å². The molecule has 2 aromatic rings. The molecule has 0 bridgehead atoms. The molecular weight excluding hydrogens is 314 g/mol. The zero-order valence-electron chi connectivity index (χ0n) is 14.2. The van der Waals surface area contributed by atoms with Crippen LogP contribution in [0.15, 0.2) is 60.2 Å². The molecule has 0 aromatic heterocycles. The molecule has 4 nitrogen and oxygen atoms in total. The number of Topliss-reactive ketones (excluding diaryl/α,β-unsaturated/α-hetero) is 1. The van der Waals surface area contributed by atoms with Gasteiger partial charge in [-0.1, -0.05) is 61.5 Å². The monoisotopic (exact) mass is 335 g/mol. The van der Waals surface area contributed by atoms with E-state index in [2.05, 4.69) is 5.48 Å². The fourth-order valence-electron chi connectivity index (χ4n) is 3.32. The zero-order valence-corrected chi connectivity index (χ0v) is 14.2. The van der Waals surface area contributed by atoms with Crippen LogP contribution < -0.4 is 5.48 Å². The van der Waals surface area contributed by atoms with E-state index >= 15 is 0 Å². The molecule has 2 aromatic carbocycles. The summed E-state index contributed by atoms with van der Waals surface area (Å²) in [6.45, 7) is 2.84. The number of hydroxylamine groups is 1. The van der Waals surface area contributed by atoms with Gasteiger partial charge < -0.3 is 0 Å². The third-order valence-corrected chi connectivity index (χ3v) is 4.67. The molecule has 2 unspecified atom stereocenters. The highest BCUT2D eigenvalue weighted by molar-refractivity contribution is 6.04. The van der Waals surface area contributed by atoms with Crippen molar-refractivity contribution in [1.82, 2.24) is 5.48 Å². The second kappa shape index (κ2) is 8.04. The molecule has 0 heterocycles. The molecule has 128 valence electrons. The highest BCUT2D eigenvalue weighted by atomic mass is 16.6. The molecule has 1 aliphatic carbocycles. The molecule has 4 heteroatoms. The van der Waals surface area contributed by atoms with Gasteiger partial charge in [-0.25, -0.2) is 10.3 Å². The van der Waals surface area contributed by atoms with Crippen molar-refractivity contribution in [3.63, 3.8) is 0 Å². The van der Waals surface area contributed by atoms with E-state index in [9.17, 15) is 9.59 Å². The molecular formula is C21H21NO3. The summed E-state index contributed by atoms with van der Waals surface area (Å²) in [5.41, 5.74) is 6.20. The van der Waals surface area contributed by atoms with Crippen molar-refractivity contribution in [3.05, 3.63) is 76.9 Å². The lowest BCUT2D eigenvalue weighted by atomic mass is 9.72. The highest BCUT2D eigenvalue weighted by Gasteiger charge is 2.35. The Bertz CT molecular complexity index is 794. The molecule has 1 N–H and O–H groups in total. The number of benzene rings is 2. The Morgan fingerprint density at radius 1 is 1.08 bits per heavy atom. The Balaban J connectivity index is 1.63. The SMILES string of the molecule is CC1C(=O)c2ccccc2C(CCNOCc2ccccc2)C1=C=O. The van der Waals surface area contributed by atoms with Gasteiger partial charge in [-0.3, -0.25) is 9.63 Å². The van der Waals surface area contributed by atoms with E-state index < -0.39 is 5.92 Å². The Labute approximate surface area is 147 Å². The van der Waals surface area contributed by atoms with Crippen LogP contribution in [-0.2, 0) is 16.2 Å². The summed E-state index contributed by atoms with van der Waals surface area (Å²) in [6, 6.07) is 17.4. The topological polar surface area (TPSA) is 55.4 Å². The van der Waals surface area contributed by atoms with Gasteiger partial charge >= 0.3 is 0 Å². The minimum Gasteiger partial charge on any atom is -0.297 e. The number of carbonyl (C=O) groups is 1. The molecule has 0 radical (unpaired) electrons. The smallest absolute Gasteiger partial charge is 0.170 e. The van der Waals surface area contributed by atoms with E-state index in [4.69, 9.17) is 4.84 Å². The number of hydrogen-bond acceptors (Lipinski definition) is 4. The van der Waals surface area contributed by atoms with Crippen molar-refractivity contribution in [2.24, 2.45) is 5.92 Å². The van der Waals surface area contributed by atoms with Gasteiger partial charge in [0.25, 0.3) is 0 Å². The van der Waals surface area contributed by atoms with Crippen molar-refractivity contribution in [2.75, 3.05) is 6.54 Å². The lowest BCUT2D eigenvalue weighted by Crippen LogP contribution is -2.29. The molecule has 1 aliphatic rings. The summed E-state index contributed by atoms with van der Waals surface area (Å²) >= 11 is 0. The third-order valence-electron chi connectivity index (χ3n) is 4.67. The largest absolute Gasteiger partial charge is 0.297 e. The summed E-state index contributed by atoms with van der Waals surface area (Å²) in [4.78, 5) is 29.4. The molecule has 0 saturated carbocycles. The first-order valence-electron chi connectivity index (χ1n) is 8.49. The Kier molecular flexibility index (Phi) is 5.56. The number of allylic oxidation sites excluding steroid dienone is 1. The van der Waals surface area contributed by atoms with Crippen molar-refractivity contribution in [1.29, 1.82) is 0 Å². The molecule has 3 rings (SSSR count). The summed E-state index contributed by atoms with van der Waals surface area (Å²) in [7, 11) is 0. The van der Waals surface area contributed by atoms with Gasteiger partial charge in [-0.15, -0.1) is 0 Å². The van der Waals surface area contributed by atoms with E-state index in [0.29, 0.717) is 30.7 Å². The number of nitrogens with one attached hydrogen (secondary N) is 1. The Morgan fingerprint density at radius 3 is 2.56 bits per heavy atom. The number of hydrogen-bond donors (Lipinski definition) is 1. The first kappa shape index (κ1) is 17.3. The minimum absolute atomic E-state index is 0.00140. The van der Waals surface area contributed by atoms with Crippen LogP contribution in [0.25, 0.3) is 0 Å². The van der Waals surface area contributed by atoms with Crippen molar-refractivity contribution in [2.45, 2.75) is 25.9 Å². The molecule has 0 spiro atoms. The maximum atomic E-state index is 12.4. The molecule has 0 amide bonds. The van der Waals surface area contributed by atoms with Gasteiger partial charge in [0.05, 0.1) is 12.5 Å². The van der Waals surface area contributed by atoms with Crippen molar-refractivity contribution < 1.29 is 14.4 Å². The Morgan fingerprint density at radius 2 is 1.80 bits per heavy atom. The van der Waals surface area contributed by atoms with Crippen LogP contribution in [0.4, 0.5) is 0 Å². The van der Waals surface area contributed by atoms with Crippen LogP contribution in [0.1, 0.15) is 40.7 Å². The summed E-state index contributed by atoms with van der Waals surface area (Å²) in [5.74, 6) is 1.50. The predicted octanol–water partition coefficient (Wildman–Crippen LogP) is 3.47. The predicted molar refractivity (Wildman–Crippen MR) is 95.7 cm³/mol. The third kappa shape index (κ3) is 3.77. The first-order valence-corrected chi connectivity index (χ1v) is 8.49. The van der Waals surface area contributed by atoms with Crippen molar-refractivity contribution >= 4 is 11.7 Å². The first-order chi connectivity index (χ1) is 12.2. The maximum absolute atomic E-state index is 12.4. The fraction of sp³-hybridized carbons (Fsp3) is 0.286. The molecule has 2 atom stereocenters. The lowest BCUT2D eigenvalue weighted by Gasteiger charge is -2.29. The molecule has 25 heavy (non-hydrogen) atoms. The van der Waals surface area contributed by atoms with Gasteiger partial charge in [0.2, 0.25) is 0 Å². The van der Waals surface area contributed by atoms with Crippen LogP contribution in [0.3, 0.4) is 0 Å². The van der Waals surface area contributed by atoms with E-state index in [1.54, 1.807) is 6.92 Å². The summed E-state index contributed by atoms with van der Waals surface area (Å²) in [5, 5.41) is 0. The van der Waals surface area contributed by atoms with E-state index in [1.807, 2.05) is 60.5 Å². The number of ketones is 1. The van der Waals surface area contributed by atoms with E-state index in [1.165, 1.54) is 0 Å².